The Labute approximate surface area is 502 Å². The van der Waals surface area contributed by atoms with E-state index >= 15 is 0 Å². The maximum Gasteiger partial charge on any atom is 0.169 e. The number of rotatable bonds is 17. The van der Waals surface area contributed by atoms with Crippen molar-refractivity contribution in [2.45, 2.75) is 51.6 Å². The van der Waals surface area contributed by atoms with Gasteiger partial charge in [-0.25, -0.2) is 0 Å². The summed E-state index contributed by atoms with van der Waals surface area (Å²) in [5.74, 6) is 3.88. The van der Waals surface area contributed by atoms with Crippen LogP contribution < -0.4 is 28.4 Å². The smallest absolute Gasteiger partial charge is 0.169 e. The molecule has 9 aromatic rings. The van der Waals surface area contributed by atoms with Crippen LogP contribution >= 0.6 is 0 Å². The molecular formula is C77H59N3O6. The molecular weight excluding hydrogens is 1060 g/mol. The highest BCUT2D eigenvalue weighted by Crippen LogP contribution is 2.50. The molecule has 0 amide bonds. The Morgan fingerprint density at radius 2 is 0.988 bits per heavy atom. The van der Waals surface area contributed by atoms with E-state index in [0.29, 0.717) is 40.3 Å². The lowest BCUT2D eigenvalue weighted by Crippen LogP contribution is -2.32. The SMILES string of the molecule is C=C(Oc1cccc(Oc2ccc(-c3ccccc3)cc2)c1C#N)/C(=C\C1=C(C)CC2(CC1)CCc1cc(OC3=CC=CC(Oc4ccc(-c5ccccc5)cc4)[C@@H]3C#N)ccc1C2)Oc1cccc(Oc2ccc(-c3ccccc3)cc2)c1C#N. The standard InChI is InChI=1S/C77H59N3O6/c1-52-47-77(44-42-61-45-66(40-33-62(61)48-77)85-74-25-13-23-72(68(74)50-79)83-64-36-29-58(30-37-64)55-17-8-4-9-18-55)43-41-60(52)46-76(86-75-26-14-24-73(69(75)51-80)84-65-38-31-59(32-39-65)56-19-10-5-11-20-56)53(2)81-70-21-12-22-71(67(70)49-78)82-63-34-27-57(28-35-63)54-15-6-3-7-16-54/h3-40,45-46,68,72H,2,41-44,47-48H2,1H3/b76-46+/t68-,72?,77?/m0/s1. The maximum atomic E-state index is 10.8. The zero-order valence-corrected chi connectivity index (χ0v) is 47.5. The van der Waals surface area contributed by atoms with Crippen LogP contribution in [0.4, 0.5) is 0 Å². The highest BCUT2D eigenvalue weighted by atomic mass is 16.5. The molecule has 0 N–H and O–H groups in total. The summed E-state index contributed by atoms with van der Waals surface area (Å²) in [5.41, 5.74) is 11.6. The average molecular weight is 1120 g/mol. The molecule has 418 valence electrons. The quantitative estimate of drug-likeness (QED) is 0.0647. The predicted octanol–water partition coefficient (Wildman–Crippen LogP) is 19.0. The fourth-order valence-corrected chi connectivity index (χ4v) is 11.7. The van der Waals surface area contributed by atoms with Gasteiger partial charge in [0.1, 0.15) is 87.0 Å². The zero-order valence-electron chi connectivity index (χ0n) is 47.5. The van der Waals surface area contributed by atoms with Crippen molar-refractivity contribution < 1.29 is 28.4 Å². The molecule has 12 rings (SSSR count). The van der Waals surface area contributed by atoms with Crippen LogP contribution in [0.5, 0.6) is 46.0 Å². The minimum absolute atomic E-state index is 0.0285. The maximum absolute atomic E-state index is 10.8. The number of nitrogens with zero attached hydrogens (tertiary/aromatic N) is 3. The van der Waals surface area contributed by atoms with Crippen molar-refractivity contribution in [1.82, 2.24) is 0 Å². The molecule has 0 aliphatic heterocycles. The molecule has 9 aromatic carbocycles. The molecule has 2 unspecified atom stereocenters. The van der Waals surface area contributed by atoms with Gasteiger partial charge in [-0.3, -0.25) is 0 Å². The summed E-state index contributed by atoms with van der Waals surface area (Å²) < 4.78 is 38.9. The Bertz CT molecular complexity index is 4220. The van der Waals surface area contributed by atoms with Gasteiger partial charge in [0.2, 0.25) is 0 Å². The van der Waals surface area contributed by atoms with Crippen LogP contribution in [0.2, 0.25) is 0 Å². The first-order valence-electron chi connectivity index (χ1n) is 28.8. The van der Waals surface area contributed by atoms with Crippen molar-refractivity contribution in [3.8, 4) is 97.6 Å². The minimum Gasteiger partial charge on any atom is -0.484 e. The van der Waals surface area contributed by atoms with Crippen molar-refractivity contribution >= 4 is 0 Å². The molecule has 86 heavy (non-hydrogen) atoms. The number of fused-ring (bicyclic) bond motifs is 1. The summed E-state index contributed by atoms with van der Waals surface area (Å²) in [7, 11) is 0. The molecule has 0 saturated heterocycles. The highest BCUT2D eigenvalue weighted by Gasteiger charge is 2.38. The molecule has 0 bridgehead atoms. The largest absolute Gasteiger partial charge is 0.484 e. The van der Waals surface area contributed by atoms with E-state index in [-0.39, 0.29) is 39.6 Å². The van der Waals surface area contributed by atoms with E-state index in [1.54, 1.807) is 36.4 Å². The lowest BCUT2D eigenvalue weighted by molar-refractivity contribution is 0.192. The van der Waals surface area contributed by atoms with E-state index in [1.165, 1.54) is 16.7 Å². The molecule has 9 nitrogen and oxygen atoms in total. The second-order valence-electron chi connectivity index (χ2n) is 21.8. The number of ether oxygens (including phenoxy) is 6. The van der Waals surface area contributed by atoms with Crippen LogP contribution in [0, 0.1) is 45.3 Å². The van der Waals surface area contributed by atoms with E-state index in [2.05, 4.69) is 68.1 Å². The van der Waals surface area contributed by atoms with E-state index in [4.69, 9.17) is 28.4 Å². The van der Waals surface area contributed by atoms with Crippen molar-refractivity contribution in [2.75, 3.05) is 0 Å². The van der Waals surface area contributed by atoms with Gasteiger partial charge in [0.25, 0.3) is 0 Å². The number of hydrogen-bond donors (Lipinski definition) is 0. The van der Waals surface area contributed by atoms with Gasteiger partial charge in [-0.15, -0.1) is 0 Å². The lowest BCUT2D eigenvalue weighted by Gasteiger charge is -2.42. The number of allylic oxidation sites excluding steroid dienone is 5. The molecule has 0 fully saturated rings. The monoisotopic (exact) mass is 1120 g/mol. The summed E-state index contributed by atoms with van der Waals surface area (Å²) in [6, 6.07) is 77.5. The third-order valence-electron chi connectivity index (χ3n) is 16.2. The summed E-state index contributed by atoms with van der Waals surface area (Å²) in [6.07, 6.45) is 12.4. The molecule has 9 heteroatoms. The van der Waals surface area contributed by atoms with Crippen molar-refractivity contribution in [3.63, 3.8) is 0 Å². The molecule has 3 aliphatic carbocycles. The van der Waals surface area contributed by atoms with Crippen LogP contribution in [0.25, 0.3) is 33.4 Å². The fourth-order valence-electron chi connectivity index (χ4n) is 11.7. The van der Waals surface area contributed by atoms with Gasteiger partial charge < -0.3 is 28.4 Å². The topological polar surface area (TPSA) is 127 Å². The van der Waals surface area contributed by atoms with Crippen LogP contribution in [0.3, 0.4) is 0 Å². The summed E-state index contributed by atoms with van der Waals surface area (Å²) in [5, 5.41) is 31.8. The second kappa shape index (κ2) is 25.2. The zero-order chi connectivity index (χ0) is 58.8. The fraction of sp³-hybridized carbons (Fsp3) is 0.130. The summed E-state index contributed by atoms with van der Waals surface area (Å²) >= 11 is 0. The lowest BCUT2D eigenvalue weighted by atomic mass is 9.63. The van der Waals surface area contributed by atoms with Gasteiger partial charge in [-0.05, 0) is 192 Å². The Morgan fingerprint density at radius 3 is 1.51 bits per heavy atom. The van der Waals surface area contributed by atoms with Gasteiger partial charge in [-0.2, -0.15) is 15.8 Å². The normalized spacial score (nSPS) is 17.0. The number of hydrogen-bond acceptors (Lipinski definition) is 9. The minimum atomic E-state index is -0.638. The van der Waals surface area contributed by atoms with E-state index in [0.717, 1.165) is 77.5 Å². The van der Waals surface area contributed by atoms with Crippen LogP contribution in [0.15, 0.2) is 278 Å². The molecule has 1 spiro atoms. The predicted molar refractivity (Wildman–Crippen MR) is 335 cm³/mol. The van der Waals surface area contributed by atoms with E-state index < -0.39 is 12.0 Å². The Morgan fingerprint density at radius 1 is 0.500 bits per heavy atom. The summed E-state index contributed by atoms with van der Waals surface area (Å²) in [6.45, 7) is 6.57. The average Bonchev–Trinajstić information content (AvgIpc) is 2.02. The Hall–Kier alpha value is -11.1. The van der Waals surface area contributed by atoms with Crippen LogP contribution in [0.1, 0.15) is 54.9 Å². The number of nitriles is 3. The molecule has 0 saturated carbocycles. The third kappa shape index (κ3) is 12.5. The van der Waals surface area contributed by atoms with Gasteiger partial charge in [-0.1, -0.05) is 164 Å². The molecule has 0 radical (unpaired) electrons. The van der Waals surface area contributed by atoms with Gasteiger partial charge in [0, 0.05) is 0 Å². The molecule has 0 aromatic heterocycles. The first-order valence-corrected chi connectivity index (χ1v) is 28.8. The number of aryl methyl sites for hydroxylation is 1. The highest BCUT2D eigenvalue weighted by molar-refractivity contribution is 5.67. The van der Waals surface area contributed by atoms with Crippen molar-refractivity contribution in [1.29, 1.82) is 15.8 Å². The number of benzene rings is 9. The molecule has 3 aliphatic rings. The van der Waals surface area contributed by atoms with Crippen molar-refractivity contribution in [2.24, 2.45) is 11.3 Å². The van der Waals surface area contributed by atoms with E-state index in [1.807, 2.05) is 170 Å². The third-order valence-corrected chi connectivity index (χ3v) is 16.2. The Kier molecular flexibility index (Phi) is 16.3. The van der Waals surface area contributed by atoms with Gasteiger partial charge >= 0.3 is 0 Å². The molecule has 3 atom stereocenters. The van der Waals surface area contributed by atoms with Crippen LogP contribution in [-0.4, -0.2) is 6.10 Å². The Balaban J connectivity index is 0.773. The van der Waals surface area contributed by atoms with E-state index in [9.17, 15) is 15.8 Å². The molecule has 0 heterocycles. The first-order chi connectivity index (χ1) is 42.2. The van der Waals surface area contributed by atoms with Crippen molar-refractivity contribution in [3.05, 3.63) is 300 Å². The second-order valence-corrected chi connectivity index (χ2v) is 21.8. The van der Waals surface area contributed by atoms with Gasteiger partial charge in [0.15, 0.2) is 11.5 Å². The first kappa shape index (κ1) is 55.5. The summed E-state index contributed by atoms with van der Waals surface area (Å²) in [4.78, 5) is 0. The van der Waals surface area contributed by atoms with Gasteiger partial charge in [0.05, 0.1) is 6.07 Å². The van der Waals surface area contributed by atoms with Crippen LogP contribution in [-0.2, 0) is 12.8 Å².